The summed E-state index contributed by atoms with van der Waals surface area (Å²) >= 11 is 3.63. The highest BCUT2D eigenvalue weighted by Crippen LogP contribution is 2.26. The maximum absolute atomic E-state index is 4.63. The molecule has 0 aliphatic carbocycles. The zero-order chi connectivity index (χ0) is 12.3. The van der Waals surface area contributed by atoms with Gasteiger partial charge in [0, 0.05) is 22.2 Å². The van der Waals surface area contributed by atoms with E-state index in [-0.39, 0.29) is 0 Å². The summed E-state index contributed by atoms with van der Waals surface area (Å²) in [6, 6.07) is 4.72. The molecule has 1 atom stereocenters. The highest BCUT2D eigenvalue weighted by Gasteiger charge is 2.14. The molecule has 2 heterocycles. The van der Waals surface area contributed by atoms with E-state index in [0.29, 0.717) is 6.04 Å². The van der Waals surface area contributed by atoms with Crippen molar-refractivity contribution in [3.63, 3.8) is 0 Å². The fraction of sp³-hybridized carbons (Fsp3) is 0.462. The van der Waals surface area contributed by atoms with E-state index in [9.17, 15) is 0 Å². The van der Waals surface area contributed by atoms with E-state index in [2.05, 4.69) is 48.6 Å². The smallest absolute Gasteiger partial charge is 0.0950 e. The molecule has 4 heteroatoms. The number of aromatic nitrogens is 1. The van der Waals surface area contributed by atoms with Gasteiger partial charge in [0.15, 0.2) is 0 Å². The second kappa shape index (κ2) is 5.76. The highest BCUT2D eigenvalue weighted by atomic mass is 32.1. The molecular weight excluding hydrogens is 248 g/mol. The third-order valence-electron chi connectivity index (χ3n) is 2.79. The van der Waals surface area contributed by atoms with Crippen molar-refractivity contribution in [3.05, 3.63) is 38.0 Å². The molecule has 2 aromatic heterocycles. The standard InChI is InChI=1S/C13H18N2S2/c1-4-14-11(12-6-5-7-16-12)8-13-15-9(2)10(3)17-13/h5-7,11,14H,4,8H2,1-3H3. The molecule has 92 valence electrons. The Morgan fingerprint density at radius 2 is 2.24 bits per heavy atom. The van der Waals surface area contributed by atoms with Crippen molar-refractivity contribution in [2.24, 2.45) is 0 Å². The lowest BCUT2D eigenvalue weighted by atomic mass is 10.2. The summed E-state index contributed by atoms with van der Waals surface area (Å²) in [4.78, 5) is 7.36. The summed E-state index contributed by atoms with van der Waals surface area (Å²) in [6.45, 7) is 7.37. The maximum atomic E-state index is 4.63. The zero-order valence-corrected chi connectivity index (χ0v) is 12.1. The summed E-state index contributed by atoms with van der Waals surface area (Å²) in [5, 5.41) is 6.91. The van der Waals surface area contributed by atoms with Gasteiger partial charge in [-0.1, -0.05) is 13.0 Å². The Bertz CT molecular complexity index is 440. The summed E-state index contributed by atoms with van der Waals surface area (Å²) in [5.41, 5.74) is 1.17. The van der Waals surface area contributed by atoms with Crippen LogP contribution in [0.1, 0.15) is 33.4 Å². The number of likely N-dealkylation sites (N-methyl/N-ethyl adjacent to an activating group) is 1. The molecule has 2 rings (SSSR count). The first-order valence-corrected chi connectivity index (χ1v) is 7.60. The number of thiazole rings is 1. The fourth-order valence-corrected chi connectivity index (χ4v) is 3.59. The van der Waals surface area contributed by atoms with Gasteiger partial charge in [-0.15, -0.1) is 22.7 Å². The van der Waals surface area contributed by atoms with Crippen LogP contribution in [0.5, 0.6) is 0 Å². The van der Waals surface area contributed by atoms with Crippen molar-refractivity contribution in [1.82, 2.24) is 10.3 Å². The van der Waals surface area contributed by atoms with Crippen LogP contribution in [0.3, 0.4) is 0 Å². The number of hydrogen-bond donors (Lipinski definition) is 1. The lowest BCUT2D eigenvalue weighted by Gasteiger charge is -2.14. The van der Waals surface area contributed by atoms with Gasteiger partial charge in [0.1, 0.15) is 0 Å². The Kier molecular flexibility index (Phi) is 4.31. The van der Waals surface area contributed by atoms with Crippen LogP contribution in [0.15, 0.2) is 17.5 Å². The third-order valence-corrected chi connectivity index (χ3v) is 4.87. The van der Waals surface area contributed by atoms with Crippen LogP contribution in [0, 0.1) is 13.8 Å². The molecular formula is C13H18N2S2. The monoisotopic (exact) mass is 266 g/mol. The Balaban J connectivity index is 2.13. The Morgan fingerprint density at radius 3 is 2.76 bits per heavy atom. The first-order valence-electron chi connectivity index (χ1n) is 5.90. The van der Waals surface area contributed by atoms with Crippen LogP contribution in [0.25, 0.3) is 0 Å². The van der Waals surface area contributed by atoms with Gasteiger partial charge >= 0.3 is 0 Å². The van der Waals surface area contributed by atoms with Gasteiger partial charge in [-0.3, -0.25) is 0 Å². The normalized spacial score (nSPS) is 12.9. The first kappa shape index (κ1) is 12.7. The maximum Gasteiger partial charge on any atom is 0.0950 e. The Labute approximate surface area is 111 Å². The number of rotatable bonds is 5. The van der Waals surface area contributed by atoms with Crippen LogP contribution in [0.2, 0.25) is 0 Å². The lowest BCUT2D eigenvalue weighted by Crippen LogP contribution is -2.21. The summed E-state index contributed by atoms with van der Waals surface area (Å²) < 4.78 is 0. The highest BCUT2D eigenvalue weighted by molar-refractivity contribution is 7.11. The van der Waals surface area contributed by atoms with E-state index in [4.69, 9.17) is 0 Å². The van der Waals surface area contributed by atoms with Crippen molar-refractivity contribution >= 4 is 22.7 Å². The lowest BCUT2D eigenvalue weighted by molar-refractivity contribution is 0.556. The molecule has 0 saturated carbocycles. The number of aryl methyl sites for hydroxylation is 2. The van der Waals surface area contributed by atoms with E-state index in [1.54, 1.807) is 0 Å². The average molecular weight is 266 g/mol. The molecule has 0 aliphatic rings. The van der Waals surface area contributed by atoms with E-state index in [0.717, 1.165) is 13.0 Å². The predicted molar refractivity (Wildman–Crippen MR) is 76.0 cm³/mol. The van der Waals surface area contributed by atoms with Gasteiger partial charge in [0.2, 0.25) is 0 Å². The number of nitrogens with one attached hydrogen (secondary N) is 1. The SMILES string of the molecule is CCNC(Cc1nc(C)c(C)s1)c1cccs1. The molecule has 1 N–H and O–H groups in total. The third kappa shape index (κ3) is 3.15. The quantitative estimate of drug-likeness (QED) is 0.892. The van der Waals surface area contributed by atoms with Gasteiger partial charge in [-0.25, -0.2) is 4.98 Å². The molecule has 2 aromatic rings. The molecule has 0 bridgehead atoms. The van der Waals surface area contributed by atoms with Crippen LogP contribution < -0.4 is 5.32 Å². The van der Waals surface area contributed by atoms with Crippen LogP contribution in [-0.4, -0.2) is 11.5 Å². The van der Waals surface area contributed by atoms with Gasteiger partial charge in [-0.2, -0.15) is 0 Å². The topological polar surface area (TPSA) is 24.9 Å². The summed E-state index contributed by atoms with van der Waals surface area (Å²) in [5.74, 6) is 0. The van der Waals surface area contributed by atoms with E-state index >= 15 is 0 Å². The fourth-order valence-electron chi connectivity index (χ4n) is 1.81. The zero-order valence-electron chi connectivity index (χ0n) is 10.5. The van der Waals surface area contributed by atoms with Crippen LogP contribution in [0.4, 0.5) is 0 Å². The molecule has 0 aliphatic heterocycles. The number of hydrogen-bond acceptors (Lipinski definition) is 4. The number of thiophene rings is 1. The first-order chi connectivity index (χ1) is 8.20. The van der Waals surface area contributed by atoms with E-state index in [1.165, 1.54) is 20.5 Å². The molecule has 17 heavy (non-hydrogen) atoms. The van der Waals surface area contributed by atoms with Gasteiger partial charge in [-0.05, 0) is 31.8 Å². The molecule has 0 fully saturated rings. The second-order valence-electron chi connectivity index (χ2n) is 4.08. The Morgan fingerprint density at radius 1 is 1.41 bits per heavy atom. The van der Waals surface area contributed by atoms with Crippen molar-refractivity contribution in [3.8, 4) is 0 Å². The summed E-state index contributed by atoms with van der Waals surface area (Å²) in [6.07, 6.45) is 0.994. The van der Waals surface area contributed by atoms with Gasteiger partial charge < -0.3 is 5.32 Å². The molecule has 1 unspecified atom stereocenters. The van der Waals surface area contributed by atoms with Crippen molar-refractivity contribution in [2.45, 2.75) is 33.2 Å². The van der Waals surface area contributed by atoms with Gasteiger partial charge in [0.25, 0.3) is 0 Å². The van der Waals surface area contributed by atoms with E-state index < -0.39 is 0 Å². The second-order valence-corrected chi connectivity index (χ2v) is 6.35. The minimum atomic E-state index is 0.407. The number of nitrogens with zero attached hydrogens (tertiary/aromatic N) is 1. The van der Waals surface area contributed by atoms with Crippen molar-refractivity contribution < 1.29 is 0 Å². The summed E-state index contributed by atoms with van der Waals surface area (Å²) in [7, 11) is 0. The molecule has 0 spiro atoms. The predicted octanol–water partition coefficient (Wildman–Crippen LogP) is 3.71. The van der Waals surface area contributed by atoms with Crippen molar-refractivity contribution in [2.75, 3.05) is 6.54 Å². The minimum absolute atomic E-state index is 0.407. The molecule has 2 nitrogen and oxygen atoms in total. The van der Waals surface area contributed by atoms with E-state index in [1.807, 2.05) is 22.7 Å². The van der Waals surface area contributed by atoms with Crippen LogP contribution in [-0.2, 0) is 6.42 Å². The van der Waals surface area contributed by atoms with Gasteiger partial charge in [0.05, 0.1) is 10.7 Å². The molecule has 0 amide bonds. The average Bonchev–Trinajstić information content (AvgIpc) is 2.89. The van der Waals surface area contributed by atoms with Crippen molar-refractivity contribution in [1.29, 1.82) is 0 Å². The minimum Gasteiger partial charge on any atom is -0.309 e. The molecule has 0 aromatic carbocycles. The molecule has 0 saturated heterocycles. The molecule has 0 radical (unpaired) electrons. The van der Waals surface area contributed by atoms with Crippen LogP contribution >= 0.6 is 22.7 Å². The Hall–Kier alpha value is -0.710. The largest absolute Gasteiger partial charge is 0.309 e.